The number of halogens is 1. The summed E-state index contributed by atoms with van der Waals surface area (Å²) in [6.45, 7) is 4.39. The van der Waals surface area contributed by atoms with Gasteiger partial charge in [0, 0.05) is 4.47 Å². The summed E-state index contributed by atoms with van der Waals surface area (Å²) in [5.41, 5.74) is 2.37. The molecule has 3 aromatic rings. The standard InChI is InChI=1S/C26H27BrN2O3S/c1-18(2)32-23-15-14-20(27)17-21(23)25(30)29-26(33)28-22-12-6-7-13-24(22)31-16-8-11-19-9-4-3-5-10-19/h3-7,9-10,12-15,17-18H,8,11,16H2,1-2H3,(H2,28,29,30,33). The third-order valence-electron chi connectivity index (χ3n) is 4.62. The number of rotatable bonds is 9. The summed E-state index contributed by atoms with van der Waals surface area (Å²) in [7, 11) is 0. The molecule has 0 aliphatic heterocycles. The highest BCUT2D eigenvalue weighted by molar-refractivity contribution is 9.10. The average molecular weight is 527 g/mol. The van der Waals surface area contributed by atoms with Gasteiger partial charge >= 0.3 is 0 Å². The number of aryl methyl sites for hydroxylation is 1. The molecule has 0 atom stereocenters. The zero-order valence-electron chi connectivity index (χ0n) is 18.6. The summed E-state index contributed by atoms with van der Waals surface area (Å²) in [6, 6.07) is 23.1. The minimum Gasteiger partial charge on any atom is -0.491 e. The van der Waals surface area contributed by atoms with Gasteiger partial charge in [-0.3, -0.25) is 10.1 Å². The molecule has 0 bridgehead atoms. The van der Waals surface area contributed by atoms with E-state index < -0.39 is 0 Å². The molecule has 0 fully saturated rings. The van der Waals surface area contributed by atoms with Gasteiger partial charge in [0.25, 0.3) is 5.91 Å². The Kier molecular flexibility index (Phi) is 9.27. The third-order valence-corrected chi connectivity index (χ3v) is 5.32. The topological polar surface area (TPSA) is 59.6 Å². The Morgan fingerprint density at radius 1 is 1.00 bits per heavy atom. The van der Waals surface area contributed by atoms with Crippen molar-refractivity contribution >= 4 is 44.9 Å². The van der Waals surface area contributed by atoms with Gasteiger partial charge in [-0.1, -0.05) is 58.4 Å². The number of carbonyl (C=O) groups is 1. The number of para-hydroxylation sites is 2. The maximum absolute atomic E-state index is 12.9. The minimum atomic E-state index is -0.356. The monoisotopic (exact) mass is 526 g/mol. The van der Waals surface area contributed by atoms with Crippen LogP contribution in [0.15, 0.2) is 77.3 Å². The molecule has 0 radical (unpaired) electrons. The number of hydrogen-bond acceptors (Lipinski definition) is 4. The van der Waals surface area contributed by atoms with E-state index in [1.807, 2.05) is 62.4 Å². The number of thiocarbonyl (C=S) groups is 1. The van der Waals surface area contributed by atoms with Gasteiger partial charge in [-0.2, -0.15) is 0 Å². The second-order valence-corrected chi connectivity index (χ2v) is 8.97. The first-order chi connectivity index (χ1) is 15.9. The molecular weight excluding hydrogens is 500 g/mol. The van der Waals surface area contributed by atoms with E-state index in [4.69, 9.17) is 21.7 Å². The van der Waals surface area contributed by atoms with E-state index in [-0.39, 0.29) is 17.1 Å². The van der Waals surface area contributed by atoms with Crippen molar-refractivity contribution in [2.45, 2.75) is 32.8 Å². The molecule has 0 aliphatic carbocycles. The van der Waals surface area contributed by atoms with Crippen LogP contribution < -0.4 is 20.1 Å². The summed E-state index contributed by atoms with van der Waals surface area (Å²) in [5.74, 6) is 0.815. The summed E-state index contributed by atoms with van der Waals surface area (Å²) < 4.78 is 12.5. The Morgan fingerprint density at radius 3 is 2.48 bits per heavy atom. The van der Waals surface area contributed by atoms with Crippen LogP contribution in [0.3, 0.4) is 0 Å². The molecule has 0 spiro atoms. The van der Waals surface area contributed by atoms with Gasteiger partial charge in [-0.05, 0) is 74.8 Å². The highest BCUT2D eigenvalue weighted by atomic mass is 79.9. The smallest absolute Gasteiger partial charge is 0.261 e. The van der Waals surface area contributed by atoms with Crippen molar-refractivity contribution in [2.24, 2.45) is 0 Å². The third kappa shape index (κ3) is 7.87. The predicted molar refractivity (Wildman–Crippen MR) is 140 cm³/mol. The predicted octanol–water partition coefficient (Wildman–Crippen LogP) is 6.37. The van der Waals surface area contributed by atoms with Gasteiger partial charge in [-0.25, -0.2) is 0 Å². The van der Waals surface area contributed by atoms with Crippen LogP contribution in [-0.4, -0.2) is 23.7 Å². The zero-order valence-corrected chi connectivity index (χ0v) is 21.0. The molecule has 3 aromatic carbocycles. The molecule has 0 heterocycles. The Labute approximate surface area is 208 Å². The van der Waals surface area contributed by atoms with Crippen LogP contribution in [0.2, 0.25) is 0 Å². The lowest BCUT2D eigenvalue weighted by molar-refractivity contribution is 0.0972. The maximum atomic E-state index is 12.9. The van der Waals surface area contributed by atoms with E-state index in [0.717, 1.165) is 17.3 Å². The first-order valence-electron chi connectivity index (χ1n) is 10.8. The van der Waals surface area contributed by atoms with Crippen LogP contribution in [0.25, 0.3) is 0 Å². The quantitative estimate of drug-likeness (QED) is 0.250. The van der Waals surface area contributed by atoms with Crippen molar-refractivity contribution in [3.05, 3.63) is 88.4 Å². The van der Waals surface area contributed by atoms with E-state index >= 15 is 0 Å². The van der Waals surface area contributed by atoms with Gasteiger partial charge in [0.15, 0.2) is 5.11 Å². The van der Waals surface area contributed by atoms with E-state index in [2.05, 4.69) is 38.7 Å². The number of carbonyl (C=O) groups excluding carboxylic acids is 1. The molecule has 0 unspecified atom stereocenters. The van der Waals surface area contributed by atoms with E-state index in [0.29, 0.717) is 29.4 Å². The fraction of sp³-hybridized carbons (Fsp3) is 0.231. The molecule has 2 N–H and O–H groups in total. The lowest BCUT2D eigenvalue weighted by atomic mass is 10.1. The van der Waals surface area contributed by atoms with Crippen molar-refractivity contribution in [3.63, 3.8) is 0 Å². The molecule has 0 saturated heterocycles. The summed E-state index contributed by atoms with van der Waals surface area (Å²) in [5, 5.41) is 5.97. The molecule has 3 rings (SSSR count). The number of hydrogen-bond donors (Lipinski definition) is 2. The van der Waals surface area contributed by atoms with E-state index in [1.165, 1.54) is 5.56 Å². The summed E-state index contributed by atoms with van der Waals surface area (Å²) in [6.07, 6.45) is 1.77. The molecule has 172 valence electrons. The van der Waals surface area contributed by atoms with E-state index in [9.17, 15) is 4.79 Å². The molecule has 0 saturated carbocycles. The molecule has 7 heteroatoms. The first kappa shape index (κ1) is 24.7. The molecule has 0 aromatic heterocycles. The molecular formula is C26H27BrN2O3S. The van der Waals surface area contributed by atoms with Gasteiger partial charge in [0.05, 0.1) is 24.0 Å². The first-order valence-corrected chi connectivity index (χ1v) is 12.0. The lowest BCUT2D eigenvalue weighted by Gasteiger charge is -2.16. The van der Waals surface area contributed by atoms with Crippen molar-refractivity contribution in [2.75, 3.05) is 11.9 Å². The van der Waals surface area contributed by atoms with Gasteiger partial charge in [0.1, 0.15) is 11.5 Å². The molecule has 0 aliphatic rings. The Bertz CT molecular complexity index is 1090. The minimum absolute atomic E-state index is 0.0614. The van der Waals surface area contributed by atoms with Crippen LogP contribution in [0.5, 0.6) is 11.5 Å². The number of benzene rings is 3. The second-order valence-electron chi connectivity index (χ2n) is 7.65. The average Bonchev–Trinajstić information content (AvgIpc) is 2.79. The van der Waals surface area contributed by atoms with Gasteiger partial charge in [-0.15, -0.1) is 0 Å². The fourth-order valence-electron chi connectivity index (χ4n) is 3.16. The fourth-order valence-corrected chi connectivity index (χ4v) is 3.72. The normalized spacial score (nSPS) is 10.5. The van der Waals surface area contributed by atoms with Gasteiger partial charge in [0.2, 0.25) is 0 Å². The number of ether oxygens (including phenoxy) is 2. The number of nitrogens with one attached hydrogen (secondary N) is 2. The van der Waals surface area contributed by atoms with Crippen LogP contribution >= 0.6 is 28.1 Å². The SMILES string of the molecule is CC(C)Oc1ccc(Br)cc1C(=O)NC(=S)Nc1ccccc1OCCCc1ccccc1. The van der Waals surface area contributed by atoms with Crippen molar-refractivity contribution < 1.29 is 14.3 Å². The van der Waals surface area contributed by atoms with Crippen LogP contribution in [-0.2, 0) is 6.42 Å². The molecule has 5 nitrogen and oxygen atoms in total. The van der Waals surface area contributed by atoms with Crippen molar-refractivity contribution in [3.8, 4) is 11.5 Å². The van der Waals surface area contributed by atoms with Crippen LogP contribution in [0.1, 0.15) is 36.2 Å². The molecule has 33 heavy (non-hydrogen) atoms. The lowest BCUT2D eigenvalue weighted by Crippen LogP contribution is -2.34. The molecule has 1 amide bonds. The number of anilines is 1. The second kappa shape index (κ2) is 12.4. The summed E-state index contributed by atoms with van der Waals surface area (Å²) >= 11 is 8.79. The summed E-state index contributed by atoms with van der Waals surface area (Å²) in [4.78, 5) is 12.9. The van der Waals surface area contributed by atoms with Crippen LogP contribution in [0.4, 0.5) is 5.69 Å². The highest BCUT2D eigenvalue weighted by Crippen LogP contribution is 2.26. The Morgan fingerprint density at radius 2 is 1.73 bits per heavy atom. The maximum Gasteiger partial charge on any atom is 0.261 e. The van der Waals surface area contributed by atoms with Gasteiger partial charge < -0.3 is 14.8 Å². The van der Waals surface area contributed by atoms with Crippen LogP contribution in [0, 0.1) is 0 Å². The Balaban J connectivity index is 1.58. The zero-order chi connectivity index (χ0) is 23.6. The van der Waals surface area contributed by atoms with Crippen molar-refractivity contribution in [1.29, 1.82) is 0 Å². The van der Waals surface area contributed by atoms with Crippen molar-refractivity contribution in [1.82, 2.24) is 5.32 Å². The largest absolute Gasteiger partial charge is 0.491 e. The number of amides is 1. The highest BCUT2D eigenvalue weighted by Gasteiger charge is 2.16. The Hall–Kier alpha value is -2.90. The van der Waals surface area contributed by atoms with E-state index in [1.54, 1.807) is 12.1 Å².